The van der Waals surface area contributed by atoms with Crippen molar-refractivity contribution in [3.8, 4) is 11.5 Å². The fourth-order valence-corrected chi connectivity index (χ4v) is 8.34. The highest BCUT2D eigenvalue weighted by Crippen LogP contribution is 2.45. The van der Waals surface area contributed by atoms with Crippen molar-refractivity contribution in [2.24, 2.45) is 0 Å². The van der Waals surface area contributed by atoms with Crippen LogP contribution in [0.15, 0.2) is 122 Å². The van der Waals surface area contributed by atoms with Gasteiger partial charge < -0.3 is 33.2 Å². The maximum Gasteiger partial charge on any atom is 0.338 e. The molecule has 7 rings (SSSR count). The van der Waals surface area contributed by atoms with Crippen LogP contribution in [0.1, 0.15) is 59.7 Å². The molecule has 1 fully saturated rings. The zero-order chi connectivity index (χ0) is 41.1. The Hall–Kier alpha value is -5.44. The summed E-state index contributed by atoms with van der Waals surface area (Å²) in [4.78, 5) is 26.3. The van der Waals surface area contributed by atoms with Crippen molar-refractivity contribution in [1.29, 1.82) is 0 Å². The minimum atomic E-state index is -2.49. The van der Waals surface area contributed by atoms with E-state index in [9.17, 15) is 9.90 Å². The van der Waals surface area contributed by atoms with Crippen molar-refractivity contribution >= 4 is 25.5 Å². The Morgan fingerprint density at radius 3 is 1.93 bits per heavy atom. The molecule has 13 heteroatoms. The third-order valence-electron chi connectivity index (χ3n) is 11.2. The average molecular weight is 803 g/mol. The minimum Gasteiger partial charge on any atom is -0.497 e. The molecule has 6 aromatic rings. The molecule has 1 aliphatic heterocycles. The van der Waals surface area contributed by atoms with Gasteiger partial charge >= 0.3 is 5.97 Å². The third-order valence-corrected chi connectivity index (χ3v) is 15.7. The molecule has 0 unspecified atom stereocenters. The summed E-state index contributed by atoms with van der Waals surface area (Å²) in [5.41, 5.74) is 3.15. The first-order chi connectivity index (χ1) is 27.9. The largest absolute Gasteiger partial charge is 0.497 e. The van der Waals surface area contributed by atoms with Crippen molar-refractivity contribution in [1.82, 2.24) is 19.5 Å². The minimum absolute atomic E-state index is 0.0299. The predicted octanol–water partition coefficient (Wildman–Crippen LogP) is 7.86. The van der Waals surface area contributed by atoms with Gasteiger partial charge in [-0.05, 0) is 71.2 Å². The maximum atomic E-state index is 12.8. The smallest absolute Gasteiger partial charge is 0.338 e. The third kappa shape index (κ3) is 8.00. The number of aliphatic hydroxyl groups excluding tert-OH is 1. The lowest BCUT2D eigenvalue weighted by Gasteiger charge is -2.41. The van der Waals surface area contributed by atoms with E-state index in [2.05, 4.69) is 48.8 Å². The number of rotatable bonds is 14. The molecule has 0 radical (unpaired) electrons. The monoisotopic (exact) mass is 802 g/mol. The zero-order valence-corrected chi connectivity index (χ0v) is 34.9. The normalized spacial score (nSPS) is 18.6. The summed E-state index contributed by atoms with van der Waals surface area (Å²) in [6, 6.07) is 34.4. The van der Waals surface area contributed by atoms with Crippen molar-refractivity contribution in [2.75, 3.05) is 20.8 Å². The van der Waals surface area contributed by atoms with E-state index in [0.717, 1.165) is 16.7 Å². The lowest BCUT2D eigenvalue weighted by molar-refractivity contribution is -0.0930. The van der Waals surface area contributed by atoms with Gasteiger partial charge in [0.05, 0.1) is 32.7 Å². The molecular formula is C45H50N4O8Si. The molecule has 302 valence electrons. The number of hydrogen-bond acceptors (Lipinski definition) is 11. The van der Waals surface area contributed by atoms with Crippen molar-refractivity contribution in [2.45, 2.75) is 75.7 Å². The molecule has 2 aromatic heterocycles. The van der Waals surface area contributed by atoms with Gasteiger partial charge in [0.15, 0.2) is 20.2 Å². The molecule has 0 spiro atoms. The summed E-state index contributed by atoms with van der Waals surface area (Å²) in [7, 11) is 0.784. The number of aliphatic hydroxyl groups is 1. The molecule has 0 bridgehead atoms. The van der Waals surface area contributed by atoms with E-state index in [1.54, 1.807) is 49.4 Å². The van der Waals surface area contributed by atoms with Crippen LogP contribution in [0, 0.1) is 0 Å². The number of ether oxygens (including phenoxy) is 5. The quantitative estimate of drug-likeness (QED) is 0.0655. The Labute approximate surface area is 339 Å². The van der Waals surface area contributed by atoms with Crippen LogP contribution in [-0.2, 0) is 30.8 Å². The predicted molar refractivity (Wildman–Crippen MR) is 221 cm³/mol. The number of nitrogens with zero attached hydrogens (tertiary/aromatic N) is 4. The summed E-state index contributed by atoms with van der Waals surface area (Å²) < 4.78 is 39.5. The Balaban J connectivity index is 1.26. The van der Waals surface area contributed by atoms with Gasteiger partial charge in [-0.2, -0.15) is 0 Å². The lowest BCUT2D eigenvalue weighted by Crippen LogP contribution is -2.50. The van der Waals surface area contributed by atoms with Crippen LogP contribution < -0.4 is 9.47 Å². The van der Waals surface area contributed by atoms with E-state index in [-0.39, 0.29) is 18.3 Å². The highest BCUT2D eigenvalue weighted by Gasteiger charge is 2.52. The molecule has 58 heavy (non-hydrogen) atoms. The van der Waals surface area contributed by atoms with Crippen LogP contribution in [0.3, 0.4) is 0 Å². The fourth-order valence-electron chi connectivity index (χ4n) is 7.01. The maximum absolute atomic E-state index is 12.8. The summed E-state index contributed by atoms with van der Waals surface area (Å²) in [5, 5.41) is 12.1. The van der Waals surface area contributed by atoms with Gasteiger partial charge in [0, 0.05) is 0 Å². The number of aromatic nitrogens is 4. The Kier molecular flexibility index (Phi) is 11.8. The molecule has 3 heterocycles. The Morgan fingerprint density at radius 2 is 1.36 bits per heavy atom. The first kappa shape index (κ1) is 40.7. The fraction of sp³-hybridized carbons (Fsp3) is 0.333. The van der Waals surface area contributed by atoms with Gasteiger partial charge in [-0.25, -0.2) is 19.7 Å². The summed E-state index contributed by atoms with van der Waals surface area (Å²) in [6.45, 7) is 10.7. The second-order valence-electron chi connectivity index (χ2n) is 15.8. The molecule has 1 aliphatic rings. The second-order valence-corrected chi connectivity index (χ2v) is 20.6. The number of carbonyl (C=O) groups excluding carboxylic acids is 1. The van der Waals surface area contributed by atoms with Crippen LogP contribution in [0.5, 0.6) is 11.5 Å². The van der Waals surface area contributed by atoms with Gasteiger partial charge in [0.1, 0.15) is 59.6 Å². The number of methoxy groups -OCH3 is 2. The van der Waals surface area contributed by atoms with E-state index in [1.807, 2.05) is 84.9 Å². The van der Waals surface area contributed by atoms with Crippen molar-refractivity contribution < 1.29 is 38.0 Å². The average Bonchev–Trinajstić information content (AvgIpc) is 3.81. The Bertz CT molecular complexity index is 2250. The van der Waals surface area contributed by atoms with Crippen LogP contribution in [-0.4, -0.2) is 78.1 Å². The van der Waals surface area contributed by atoms with Gasteiger partial charge in [-0.3, -0.25) is 4.57 Å². The van der Waals surface area contributed by atoms with E-state index in [1.165, 1.54) is 6.33 Å². The van der Waals surface area contributed by atoms with Crippen LogP contribution >= 0.6 is 0 Å². The van der Waals surface area contributed by atoms with E-state index in [0.29, 0.717) is 33.9 Å². The first-order valence-electron chi connectivity index (χ1n) is 19.2. The summed E-state index contributed by atoms with van der Waals surface area (Å²) in [5.74, 6) is 0.940. The molecule has 0 saturated carbocycles. The molecule has 0 amide bonds. The zero-order valence-electron chi connectivity index (χ0n) is 33.9. The standard InChI is InChI=1S/C45H50N4O8Si/c1-44(2,3)58(6,7)57-40-37(56-42(39(40)50)49-29-48-38-36(46-28-47-41(38)49)26-54-43(51)30-14-10-8-11-15-30)27-55-45(31-16-12-9-13-17-31,32-18-22-34(52-4)23-19-32)33-20-24-35(53-5)25-21-33/h8-25,28-29,37,39-40,42,50H,26-27H2,1-7H3/t37-,39-,40-,42-/m1/s1. The molecule has 12 nitrogen and oxygen atoms in total. The van der Waals surface area contributed by atoms with Gasteiger partial charge in [-0.1, -0.05) is 93.6 Å². The summed E-state index contributed by atoms with van der Waals surface area (Å²) >= 11 is 0. The number of fused-ring (bicyclic) bond motifs is 1. The first-order valence-corrected chi connectivity index (χ1v) is 22.2. The topological polar surface area (TPSA) is 136 Å². The van der Waals surface area contributed by atoms with E-state index < -0.39 is 44.4 Å². The highest BCUT2D eigenvalue weighted by molar-refractivity contribution is 6.74. The number of benzene rings is 4. The number of carbonyl (C=O) groups is 1. The second kappa shape index (κ2) is 16.8. The van der Waals surface area contributed by atoms with Gasteiger partial charge in [0.25, 0.3) is 0 Å². The van der Waals surface area contributed by atoms with E-state index in [4.69, 9.17) is 28.1 Å². The molecular weight excluding hydrogens is 753 g/mol. The van der Waals surface area contributed by atoms with Crippen molar-refractivity contribution in [3.05, 3.63) is 150 Å². The molecule has 0 aliphatic carbocycles. The SMILES string of the molecule is COc1ccc(C(OC[C@H]2O[C@@H](n3cnc4c(COC(=O)c5ccccc5)ncnc43)[C@H](O)[C@@H]2O[Si](C)(C)C(C)(C)C)(c2ccccc2)c2ccc(OC)cc2)cc1. The lowest BCUT2D eigenvalue weighted by atomic mass is 9.80. The van der Waals surface area contributed by atoms with Gasteiger partial charge in [0.2, 0.25) is 0 Å². The Morgan fingerprint density at radius 1 is 0.793 bits per heavy atom. The number of esters is 1. The van der Waals surface area contributed by atoms with Gasteiger partial charge in [-0.15, -0.1) is 0 Å². The number of imidazole rings is 1. The van der Waals surface area contributed by atoms with Crippen LogP contribution in [0.2, 0.25) is 18.1 Å². The van der Waals surface area contributed by atoms with Crippen molar-refractivity contribution in [3.63, 3.8) is 0 Å². The number of hydrogen-bond donors (Lipinski definition) is 1. The van der Waals surface area contributed by atoms with Crippen LogP contribution in [0.25, 0.3) is 11.2 Å². The highest BCUT2D eigenvalue weighted by atomic mass is 28.4. The molecule has 1 N–H and O–H groups in total. The molecule has 4 aromatic carbocycles. The molecule has 1 saturated heterocycles. The summed E-state index contributed by atoms with van der Waals surface area (Å²) in [6.07, 6.45) is -0.657. The van der Waals surface area contributed by atoms with E-state index >= 15 is 0 Å². The van der Waals surface area contributed by atoms with Crippen LogP contribution in [0.4, 0.5) is 0 Å². The molecule has 4 atom stereocenters.